The first-order valence-corrected chi connectivity index (χ1v) is 9.71. The van der Waals surface area contributed by atoms with Crippen molar-refractivity contribution in [2.75, 3.05) is 5.75 Å². The molecule has 0 radical (unpaired) electrons. The number of benzene rings is 2. The zero-order valence-corrected chi connectivity index (χ0v) is 16.0. The number of fused-ring (bicyclic) bond motifs is 2. The quantitative estimate of drug-likeness (QED) is 0.413. The van der Waals surface area contributed by atoms with E-state index in [1.807, 2.05) is 37.3 Å². The van der Waals surface area contributed by atoms with Gasteiger partial charge in [-0.05, 0) is 36.8 Å². The van der Waals surface area contributed by atoms with Gasteiger partial charge in [0.2, 0.25) is 0 Å². The van der Waals surface area contributed by atoms with Crippen molar-refractivity contribution in [1.82, 2.24) is 15.0 Å². The molecule has 0 bridgehead atoms. The van der Waals surface area contributed by atoms with Crippen LogP contribution in [0, 0.1) is 6.92 Å². The smallest absolute Gasteiger partial charge is 0.316 e. The normalized spacial score (nSPS) is 11.0. The molecule has 0 saturated carbocycles. The van der Waals surface area contributed by atoms with Crippen LogP contribution in [0.1, 0.15) is 11.4 Å². The first-order chi connectivity index (χ1) is 13.6. The molecule has 0 spiro atoms. The molecule has 2 aromatic heterocycles. The number of pyridine rings is 1. The summed E-state index contributed by atoms with van der Waals surface area (Å²) in [4.78, 5) is 35.7. The summed E-state index contributed by atoms with van der Waals surface area (Å²) in [5.74, 6) is 0.0536. The Morgan fingerprint density at radius 3 is 2.50 bits per heavy atom. The Balaban J connectivity index is 1.39. The van der Waals surface area contributed by atoms with Crippen molar-refractivity contribution in [3.05, 3.63) is 76.3 Å². The van der Waals surface area contributed by atoms with Gasteiger partial charge in [-0.3, -0.25) is 9.59 Å². The standard InChI is InChI=1S/C21H17N3O3S/c1-13-10-19(23-16-8-4-2-6-14(13)16)28-12-20(25)27-11-18-22-17-9-5-3-7-15(17)21(26)24-18/h2-10H,11-12H2,1H3,(H,22,24,26). The topological polar surface area (TPSA) is 84.9 Å². The van der Waals surface area contributed by atoms with Crippen molar-refractivity contribution in [2.45, 2.75) is 18.6 Å². The molecule has 0 atom stereocenters. The van der Waals surface area contributed by atoms with Crippen LogP contribution in [-0.2, 0) is 16.1 Å². The maximum Gasteiger partial charge on any atom is 0.316 e. The number of aromatic nitrogens is 3. The highest BCUT2D eigenvalue weighted by Crippen LogP contribution is 2.23. The van der Waals surface area contributed by atoms with E-state index in [9.17, 15) is 9.59 Å². The number of carbonyl (C=O) groups excluding carboxylic acids is 1. The summed E-state index contributed by atoms with van der Waals surface area (Å²) in [6, 6.07) is 16.9. The third kappa shape index (κ3) is 3.89. The van der Waals surface area contributed by atoms with Crippen molar-refractivity contribution in [3.63, 3.8) is 0 Å². The van der Waals surface area contributed by atoms with Crippen molar-refractivity contribution >= 4 is 39.5 Å². The second-order valence-corrected chi connectivity index (χ2v) is 7.27. The number of nitrogens with zero attached hydrogens (tertiary/aromatic N) is 2. The van der Waals surface area contributed by atoms with Crippen molar-refractivity contribution in [3.8, 4) is 0 Å². The molecule has 0 aliphatic carbocycles. The first kappa shape index (κ1) is 18.2. The maximum atomic E-state index is 12.1. The summed E-state index contributed by atoms with van der Waals surface area (Å²) in [7, 11) is 0. The van der Waals surface area contributed by atoms with Gasteiger partial charge >= 0.3 is 5.97 Å². The number of hydrogen-bond donors (Lipinski definition) is 1. The average Bonchev–Trinajstić information content (AvgIpc) is 2.71. The maximum absolute atomic E-state index is 12.1. The molecule has 28 heavy (non-hydrogen) atoms. The summed E-state index contributed by atoms with van der Waals surface area (Å²) in [5, 5.41) is 2.37. The SMILES string of the molecule is Cc1cc(SCC(=O)OCc2nc3ccccc3c(=O)[nH]2)nc2ccccc12. The fraction of sp³-hybridized carbons (Fsp3) is 0.143. The van der Waals surface area contributed by atoms with Crippen LogP contribution < -0.4 is 5.56 Å². The molecule has 4 rings (SSSR count). The number of H-pyrrole nitrogens is 1. The lowest BCUT2D eigenvalue weighted by molar-refractivity contribution is -0.141. The molecule has 0 saturated heterocycles. The van der Waals surface area contributed by atoms with Crippen LogP contribution in [0.15, 0.2) is 64.4 Å². The third-order valence-corrected chi connectivity index (χ3v) is 5.15. The predicted octanol–water partition coefficient (Wildman–Crippen LogP) is 3.62. The van der Waals surface area contributed by atoms with Gasteiger partial charge in [0, 0.05) is 5.39 Å². The van der Waals surface area contributed by atoms with E-state index in [0.717, 1.165) is 21.5 Å². The summed E-state index contributed by atoms with van der Waals surface area (Å²) in [5.41, 5.74) is 2.33. The zero-order chi connectivity index (χ0) is 19.5. The fourth-order valence-corrected chi connectivity index (χ4v) is 3.69. The monoisotopic (exact) mass is 391 g/mol. The highest BCUT2D eigenvalue weighted by Gasteiger charge is 2.10. The number of thioether (sulfide) groups is 1. The number of carbonyl (C=O) groups is 1. The fourth-order valence-electron chi connectivity index (χ4n) is 2.92. The van der Waals surface area contributed by atoms with Crippen LogP contribution in [0.2, 0.25) is 0 Å². The number of ether oxygens (including phenoxy) is 1. The number of esters is 1. The largest absolute Gasteiger partial charge is 0.457 e. The second-order valence-electron chi connectivity index (χ2n) is 6.27. The van der Waals surface area contributed by atoms with E-state index in [1.54, 1.807) is 24.3 Å². The number of rotatable bonds is 5. The van der Waals surface area contributed by atoms with E-state index in [4.69, 9.17) is 4.74 Å². The number of para-hydroxylation sites is 2. The van der Waals surface area contributed by atoms with Crippen LogP contribution >= 0.6 is 11.8 Å². The van der Waals surface area contributed by atoms with Crippen LogP contribution in [0.3, 0.4) is 0 Å². The van der Waals surface area contributed by atoms with Crippen molar-refractivity contribution in [1.29, 1.82) is 0 Å². The van der Waals surface area contributed by atoms with Gasteiger partial charge in [-0.2, -0.15) is 0 Å². The number of nitrogens with one attached hydrogen (secondary N) is 1. The van der Waals surface area contributed by atoms with Gasteiger partial charge in [0.25, 0.3) is 5.56 Å². The van der Waals surface area contributed by atoms with Gasteiger partial charge in [-0.1, -0.05) is 42.1 Å². The molecule has 4 aromatic rings. The van der Waals surface area contributed by atoms with Crippen molar-refractivity contribution < 1.29 is 9.53 Å². The number of aryl methyl sites for hydroxylation is 1. The van der Waals surface area contributed by atoms with E-state index >= 15 is 0 Å². The van der Waals surface area contributed by atoms with E-state index in [1.165, 1.54) is 11.8 Å². The summed E-state index contributed by atoms with van der Waals surface area (Å²) in [6.45, 7) is 1.94. The average molecular weight is 391 g/mol. The van der Waals surface area contributed by atoms with E-state index in [-0.39, 0.29) is 17.9 Å². The van der Waals surface area contributed by atoms with Crippen molar-refractivity contribution in [2.24, 2.45) is 0 Å². The van der Waals surface area contributed by atoms with Gasteiger partial charge in [-0.15, -0.1) is 0 Å². The number of hydrogen-bond acceptors (Lipinski definition) is 6. The molecular formula is C21H17N3O3S. The Bertz CT molecular complexity index is 1240. The van der Waals surface area contributed by atoms with E-state index < -0.39 is 5.97 Å². The highest BCUT2D eigenvalue weighted by molar-refractivity contribution is 7.99. The van der Waals surface area contributed by atoms with Gasteiger partial charge in [0.1, 0.15) is 12.4 Å². The molecule has 1 N–H and O–H groups in total. The Hall–Kier alpha value is -3.19. The molecule has 2 heterocycles. The highest BCUT2D eigenvalue weighted by atomic mass is 32.2. The van der Waals surface area contributed by atoms with Crippen LogP contribution in [0.5, 0.6) is 0 Å². The van der Waals surface area contributed by atoms with E-state index in [2.05, 4.69) is 15.0 Å². The Labute approximate surface area is 165 Å². The lowest BCUT2D eigenvalue weighted by Gasteiger charge is -2.07. The number of aromatic amines is 1. The summed E-state index contributed by atoms with van der Waals surface area (Å²) >= 11 is 1.32. The molecule has 0 fully saturated rings. The Morgan fingerprint density at radius 2 is 1.71 bits per heavy atom. The molecule has 0 aliphatic heterocycles. The minimum absolute atomic E-state index is 0.0797. The summed E-state index contributed by atoms with van der Waals surface area (Å²) in [6.07, 6.45) is 0. The van der Waals surface area contributed by atoms with Crippen LogP contribution in [0.25, 0.3) is 21.8 Å². The zero-order valence-electron chi connectivity index (χ0n) is 15.1. The molecule has 140 valence electrons. The Kier molecular flexibility index (Phi) is 5.08. The van der Waals surface area contributed by atoms with Gasteiger partial charge in [-0.25, -0.2) is 9.97 Å². The van der Waals surface area contributed by atoms with E-state index in [0.29, 0.717) is 16.7 Å². The lowest BCUT2D eigenvalue weighted by atomic mass is 10.1. The molecule has 6 nitrogen and oxygen atoms in total. The third-order valence-electron chi connectivity index (χ3n) is 4.27. The van der Waals surface area contributed by atoms with Gasteiger partial charge in [0.15, 0.2) is 0 Å². The van der Waals surface area contributed by atoms with Gasteiger partial charge < -0.3 is 9.72 Å². The molecule has 0 unspecified atom stereocenters. The lowest BCUT2D eigenvalue weighted by Crippen LogP contribution is -2.15. The van der Waals surface area contributed by atoms with Crippen LogP contribution in [-0.4, -0.2) is 26.7 Å². The Morgan fingerprint density at radius 1 is 1.04 bits per heavy atom. The molecule has 0 aliphatic rings. The van der Waals surface area contributed by atoms with Gasteiger partial charge in [0.05, 0.1) is 27.2 Å². The molecular weight excluding hydrogens is 374 g/mol. The molecule has 2 aromatic carbocycles. The predicted molar refractivity (Wildman–Crippen MR) is 109 cm³/mol. The summed E-state index contributed by atoms with van der Waals surface area (Å²) < 4.78 is 5.25. The minimum Gasteiger partial charge on any atom is -0.457 e. The molecule has 7 heteroatoms. The molecule has 0 amide bonds. The van der Waals surface area contributed by atoms with Crippen LogP contribution in [0.4, 0.5) is 0 Å². The second kappa shape index (κ2) is 7.82. The minimum atomic E-state index is -0.395. The first-order valence-electron chi connectivity index (χ1n) is 8.73.